The second-order valence-electron chi connectivity index (χ2n) is 5.03. The van der Waals surface area contributed by atoms with Crippen molar-refractivity contribution in [2.24, 2.45) is 7.05 Å². The van der Waals surface area contributed by atoms with Crippen LogP contribution < -0.4 is 5.32 Å². The molecule has 0 spiro atoms. The van der Waals surface area contributed by atoms with Gasteiger partial charge >= 0.3 is 0 Å². The van der Waals surface area contributed by atoms with Gasteiger partial charge in [0.1, 0.15) is 5.82 Å². The van der Waals surface area contributed by atoms with Gasteiger partial charge in [0.05, 0.1) is 12.1 Å². The van der Waals surface area contributed by atoms with Crippen molar-refractivity contribution < 1.29 is 9.59 Å². The topological polar surface area (TPSA) is 67.2 Å². The maximum Gasteiger partial charge on any atom is 0.248 e. The molecule has 0 aliphatic carbocycles. The third kappa shape index (κ3) is 2.28. The van der Waals surface area contributed by atoms with Gasteiger partial charge in [-0.1, -0.05) is 0 Å². The summed E-state index contributed by atoms with van der Waals surface area (Å²) in [6.07, 6.45) is 4.14. The number of imide groups is 1. The molecule has 2 heterocycles. The number of hydrogen-bond acceptors (Lipinski definition) is 4. The lowest BCUT2D eigenvalue weighted by Crippen LogP contribution is -2.63. The molecule has 6 heteroatoms. The molecule has 1 N–H and O–H groups in total. The molecule has 1 aliphatic heterocycles. The molecular formula is C12H18N4O2. The van der Waals surface area contributed by atoms with Crippen molar-refractivity contribution in [1.29, 1.82) is 0 Å². The Morgan fingerprint density at radius 3 is 2.78 bits per heavy atom. The first-order chi connectivity index (χ1) is 8.42. The molecule has 0 saturated carbocycles. The van der Waals surface area contributed by atoms with Gasteiger partial charge in [-0.2, -0.15) is 0 Å². The summed E-state index contributed by atoms with van der Waals surface area (Å²) in [4.78, 5) is 29.4. The number of aromatic nitrogens is 2. The minimum absolute atomic E-state index is 0.173. The lowest BCUT2D eigenvalue weighted by atomic mass is 10.0. The number of rotatable bonds is 3. The fraction of sp³-hybridized carbons (Fsp3) is 0.583. The zero-order valence-corrected chi connectivity index (χ0v) is 10.9. The quantitative estimate of drug-likeness (QED) is 0.748. The Balaban J connectivity index is 2.05. The van der Waals surface area contributed by atoms with E-state index in [0.717, 1.165) is 5.82 Å². The molecule has 1 saturated heterocycles. The third-order valence-electron chi connectivity index (χ3n) is 3.24. The van der Waals surface area contributed by atoms with Crippen LogP contribution in [-0.4, -0.2) is 44.9 Å². The summed E-state index contributed by atoms with van der Waals surface area (Å²) in [5, 5.41) is 2.93. The number of carbonyl (C=O) groups is 2. The number of nitrogens with one attached hydrogen (secondary N) is 1. The van der Waals surface area contributed by atoms with Crippen molar-refractivity contribution in [3.8, 4) is 0 Å². The maximum atomic E-state index is 12.1. The van der Waals surface area contributed by atoms with Crippen LogP contribution in [0.1, 0.15) is 19.7 Å². The fourth-order valence-electron chi connectivity index (χ4n) is 1.99. The van der Waals surface area contributed by atoms with E-state index >= 15 is 0 Å². The Kier molecular flexibility index (Phi) is 3.21. The number of piperazine rings is 1. The van der Waals surface area contributed by atoms with Crippen LogP contribution >= 0.6 is 0 Å². The van der Waals surface area contributed by atoms with Gasteiger partial charge in [0.15, 0.2) is 0 Å². The molecule has 2 rings (SSSR count). The van der Waals surface area contributed by atoms with Crippen molar-refractivity contribution in [2.75, 3.05) is 13.1 Å². The van der Waals surface area contributed by atoms with Gasteiger partial charge in [-0.15, -0.1) is 0 Å². The molecular weight excluding hydrogens is 232 g/mol. The highest BCUT2D eigenvalue weighted by Crippen LogP contribution is 2.13. The van der Waals surface area contributed by atoms with Gasteiger partial charge in [0.2, 0.25) is 11.8 Å². The normalized spacial score (nSPS) is 19.4. The Labute approximate surface area is 106 Å². The fourth-order valence-corrected chi connectivity index (χ4v) is 1.99. The zero-order chi connectivity index (χ0) is 13.3. The summed E-state index contributed by atoms with van der Waals surface area (Å²) in [5.41, 5.74) is -0.671. The molecule has 1 aromatic heterocycles. The van der Waals surface area contributed by atoms with Gasteiger partial charge in [0.25, 0.3) is 0 Å². The highest BCUT2D eigenvalue weighted by Gasteiger charge is 2.39. The van der Waals surface area contributed by atoms with E-state index in [4.69, 9.17) is 0 Å². The molecule has 0 atom stereocenters. The van der Waals surface area contributed by atoms with E-state index in [1.807, 2.05) is 17.8 Å². The van der Waals surface area contributed by atoms with Crippen LogP contribution in [0.3, 0.4) is 0 Å². The first kappa shape index (κ1) is 12.8. The molecule has 0 aromatic carbocycles. The number of aryl methyl sites for hydroxylation is 1. The van der Waals surface area contributed by atoms with Crippen LogP contribution in [0.2, 0.25) is 0 Å². The maximum absolute atomic E-state index is 12.1. The van der Waals surface area contributed by atoms with Crippen LogP contribution in [0.5, 0.6) is 0 Å². The molecule has 6 nitrogen and oxygen atoms in total. The smallest absolute Gasteiger partial charge is 0.248 e. The molecule has 1 aliphatic rings. The Hall–Kier alpha value is -1.69. The van der Waals surface area contributed by atoms with E-state index in [-0.39, 0.29) is 18.4 Å². The predicted octanol–water partition coefficient (Wildman–Crippen LogP) is -0.300. The Morgan fingerprint density at radius 2 is 2.17 bits per heavy atom. The summed E-state index contributed by atoms with van der Waals surface area (Å²) in [7, 11) is 1.90. The average Bonchev–Trinajstić information content (AvgIpc) is 2.71. The van der Waals surface area contributed by atoms with E-state index in [9.17, 15) is 9.59 Å². The van der Waals surface area contributed by atoms with Crippen LogP contribution in [0.15, 0.2) is 12.4 Å². The molecule has 2 amide bonds. The van der Waals surface area contributed by atoms with E-state index in [1.165, 1.54) is 4.90 Å². The van der Waals surface area contributed by atoms with E-state index in [2.05, 4.69) is 10.3 Å². The number of nitrogens with zero attached hydrogens (tertiary/aromatic N) is 3. The van der Waals surface area contributed by atoms with Gasteiger partial charge < -0.3 is 4.57 Å². The van der Waals surface area contributed by atoms with Crippen LogP contribution in [-0.2, 0) is 23.1 Å². The van der Waals surface area contributed by atoms with Crippen molar-refractivity contribution in [1.82, 2.24) is 19.8 Å². The second kappa shape index (κ2) is 4.53. The Bertz CT molecular complexity index is 478. The molecule has 1 aromatic rings. The summed E-state index contributed by atoms with van der Waals surface area (Å²) in [6, 6.07) is 0. The van der Waals surface area contributed by atoms with Crippen molar-refractivity contribution in [3.63, 3.8) is 0 Å². The van der Waals surface area contributed by atoms with Gasteiger partial charge in [0, 0.05) is 32.4 Å². The van der Waals surface area contributed by atoms with Gasteiger partial charge in [-0.3, -0.25) is 19.8 Å². The number of carbonyl (C=O) groups excluding carboxylic acids is 2. The SMILES string of the molecule is Cn1ccnc1CCN1C(=O)CNC(C)(C)C1=O. The zero-order valence-electron chi connectivity index (χ0n) is 10.9. The highest BCUT2D eigenvalue weighted by molar-refractivity contribution is 6.03. The summed E-state index contributed by atoms with van der Waals surface area (Å²) < 4.78 is 1.89. The first-order valence-corrected chi connectivity index (χ1v) is 5.98. The molecule has 0 unspecified atom stereocenters. The van der Waals surface area contributed by atoms with Gasteiger partial charge in [-0.05, 0) is 13.8 Å². The molecule has 0 bridgehead atoms. The summed E-state index contributed by atoms with van der Waals surface area (Å²) in [6.45, 7) is 4.16. The summed E-state index contributed by atoms with van der Waals surface area (Å²) >= 11 is 0. The van der Waals surface area contributed by atoms with Crippen molar-refractivity contribution in [2.45, 2.75) is 25.8 Å². The van der Waals surface area contributed by atoms with E-state index < -0.39 is 5.54 Å². The molecule has 18 heavy (non-hydrogen) atoms. The van der Waals surface area contributed by atoms with Crippen molar-refractivity contribution in [3.05, 3.63) is 18.2 Å². The second-order valence-corrected chi connectivity index (χ2v) is 5.03. The van der Waals surface area contributed by atoms with Gasteiger partial charge in [-0.25, -0.2) is 4.98 Å². The van der Waals surface area contributed by atoms with Crippen molar-refractivity contribution >= 4 is 11.8 Å². The third-order valence-corrected chi connectivity index (χ3v) is 3.24. The monoisotopic (exact) mass is 250 g/mol. The lowest BCUT2D eigenvalue weighted by molar-refractivity contribution is -0.152. The molecule has 0 radical (unpaired) electrons. The number of hydrogen-bond donors (Lipinski definition) is 1. The van der Waals surface area contributed by atoms with Crippen LogP contribution in [0.4, 0.5) is 0 Å². The average molecular weight is 250 g/mol. The first-order valence-electron chi connectivity index (χ1n) is 5.98. The number of imidazole rings is 1. The largest absolute Gasteiger partial charge is 0.338 e. The van der Waals surface area contributed by atoms with E-state index in [1.54, 1.807) is 20.0 Å². The molecule has 1 fully saturated rings. The predicted molar refractivity (Wildman–Crippen MR) is 65.7 cm³/mol. The Morgan fingerprint density at radius 1 is 1.44 bits per heavy atom. The molecule has 98 valence electrons. The minimum atomic E-state index is -0.671. The highest BCUT2D eigenvalue weighted by atomic mass is 16.2. The van der Waals surface area contributed by atoms with Crippen LogP contribution in [0.25, 0.3) is 0 Å². The van der Waals surface area contributed by atoms with Crippen LogP contribution in [0, 0.1) is 0 Å². The standard InChI is InChI=1S/C12H18N4O2/c1-12(2)11(18)16(10(17)8-14-12)6-4-9-13-5-7-15(9)3/h5,7,14H,4,6,8H2,1-3H3. The lowest BCUT2D eigenvalue weighted by Gasteiger charge is -2.36. The summed E-state index contributed by atoms with van der Waals surface area (Å²) in [5.74, 6) is 0.522. The number of amides is 2. The minimum Gasteiger partial charge on any atom is -0.338 e. The van der Waals surface area contributed by atoms with E-state index in [0.29, 0.717) is 13.0 Å².